The van der Waals surface area contributed by atoms with E-state index in [-0.39, 0.29) is 6.54 Å². The van der Waals surface area contributed by atoms with Gasteiger partial charge in [0.2, 0.25) is 5.91 Å². The summed E-state index contributed by atoms with van der Waals surface area (Å²) in [5.41, 5.74) is 1.60. The number of allylic oxidation sites excluding steroid dienone is 1. The zero-order valence-corrected chi connectivity index (χ0v) is 13.4. The number of anilines is 1. The average Bonchev–Trinajstić information content (AvgIpc) is 3.02. The number of pyridine rings is 1. The molecule has 0 fully saturated rings. The first-order valence-electron chi connectivity index (χ1n) is 8.00. The molecule has 1 aromatic heterocycles. The van der Waals surface area contributed by atoms with E-state index in [9.17, 15) is 18.0 Å². The zero-order chi connectivity index (χ0) is 17.9. The van der Waals surface area contributed by atoms with E-state index < -0.39 is 24.4 Å². The molecule has 1 aromatic carbocycles. The normalized spacial score (nSPS) is 15.4. The van der Waals surface area contributed by atoms with Crippen LogP contribution in [0.25, 0.3) is 6.08 Å². The van der Waals surface area contributed by atoms with Crippen molar-refractivity contribution in [1.29, 1.82) is 0 Å². The van der Waals surface area contributed by atoms with Crippen LogP contribution in [-0.2, 0) is 11.2 Å². The summed E-state index contributed by atoms with van der Waals surface area (Å²) in [6, 6.07) is 12.5. The highest BCUT2D eigenvalue weighted by Crippen LogP contribution is 2.34. The fourth-order valence-corrected chi connectivity index (χ4v) is 2.89. The summed E-state index contributed by atoms with van der Waals surface area (Å²) in [7, 11) is 0. The van der Waals surface area contributed by atoms with Crippen molar-refractivity contribution >= 4 is 17.8 Å². The SMILES string of the molecule is O=C([C@H](C/C=C/c1ccccc1)C(F)(F)F)N1CCc2cccnc21. The zero-order valence-electron chi connectivity index (χ0n) is 13.4. The molecule has 1 aliphatic rings. The highest BCUT2D eigenvalue weighted by molar-refractivity contribution is 5.96. The Balaban J connectivity index is 1.77. The monoisotopic (exact) mass is 346 g/mol. The first-order valence-corrected chi connectivity index (χ1v) is 8.00. The van der Waals surface area contributed by atoms with Gasteiger partial charge in [-0.25, -0.2) is 4.98 Å². The number of rotatable bonds is 4. The fourth-order valence-electron chi connectivity index (χ4n) is 2.89. The molecule has 0 bridgehead atoms. The van der Waals surface area contributed by atoms with Crippen LogP contribution in [0.3, 0.4) is 0 Å². The number of hydrogen-bond acceptors (Lipinski definition) is 2. The van der Waals surface area contributed by atoms with Gasteiger partial charge in [0.1, 0.15) is 11.7 Å². The predicted molar refractivity (Wildman–Crippen MR) is 89.9 cm³/mol. The van der Waals surface area contributed by atoms with Gasteiger partial charge in [-0.3, -0.25) is 9.69 Å². The lowest BCUT2D eigenvalue weighted by molar-refractivity contribution is -0.180. The van der Waals surface area contributed by atoms with Crippen molar-refractivity contribution < 1.29 is 18.0 Å². The third-order valence-corrected chi connectivity index (χ3v) is 4.17. The maximum atomic E-state index is 13.4. The molecule has 0 aliphatic carbocycles. The van der Waals surface area contributed by atoms with Crippen LogP contribution in [0, 0.1) is 5.92 Å². The van der Waals surface area contributed by atoms with E-state index in [0.717, 1.165) is 16.0 Å². The van der Waals surface area contributed by atoms with E-state index in [0.29, 0.717) is 12.2 Å². The number of carbonyl (C=O) groups excluding carboxylic acids is 1. The number of alkyl halides is 3. The topological polar surface area (TPSA) is 33.2 Å². The molecular weight excluding hydrogens is 329 g/mol. The number of aromatic nitrogens is 1. The first-order chi connectivity index (χ1) is 12.0. The Labute approximate surface area is 143 Å². The maximum absolute atomic E-state index is 13.4. The average molecular weight is 346 g/mol. The summed E-state index contributed by atoms with van der Waals surface area (Å²) in [6.45, 7) is 0.236. The molecule has 3 nitrogen and oxygen atoms in total. The number of nitrogens with zero attached hydrogens (tertiary/aromatic N) is 2. The third kappa shape index (κ3) is 3.90. The van der Waals surface area contributed by atoms with E-state index >= 15 is 0 Å². The Kier molecular flexibility index (Phi) is 4.88. The van der Waals surface area contributed by atoms with Crippen molar-refractivity contribution in [2.75, 3.05) is 11.4 Å². The Morgan fingerprint density at radius 1 is 1.20 bits per heavy atom. The molecule has 2 aromatic rings. The van der Waals surface area contributed by atoms with E-state index in [2.05, 4.69) is 4.98 Å². The molecule has 2 heterocycles. The highest BCUT2D eigenvalue weighted by atomic mass is 19.4. The summed E-state index contributed by atoms with van der Waals surface area (Å²) < 4.78 is 40.3. The van der Waals surface area contributed by atoms with E-state index in [1.54, 1.807) is 42.5 Å². The van der Waals surface area contributed by atoms with Gasteiger partial charge in [0.15, 0.2) is 0 Å². The number of amides is 1. The second kappa shape index (κ2) is 7.09. The lowest BCUT2D eigenvalue weighted by Crippen LogP contribution is -2.42. The smallest absolute Gasteiger partial charge is 0.296 e. The number of hydrogen-bond donors (Lipinski definition) is 0. The van der Waals surface area contributed by atoms with E-state index in [1.807, 2.05) is 6.07 Å². The summed E-state index contributed by atoms with van der Waals surface area (Å²) in [5.74, 6) is -2.67. The fraction of sp³-hybridized carbons (Fsp3) is 0.263. The van der Waals surface area contributed by atoms with Crippen molar-refractivity contribution in [3.63, 3.8) is 0 Å². The van der Waals surface area contributed by atoms with Gasteiger partial charge in [0.25, 0.3) is 0 Å². The van der Waals surface area contributed by atoms with Gasteiger partial charge >= 0.3 is 6.18 Å². The summed E-state index contributed by atoms with van der Waals surface area (Å²) in [6.07, 6.45) is 0.0240. The van der Waals surface area contributed by atoms with Gasteiger partial charge < -0.3 is 0 Å². The van der Waals surface area contributed by atoms with Crippen LogP contribution in [0.4, 0.5) is 19.0 Å². The van der Waals surface area contributed by atoms with Crippen LogP contribution in [0.5, 0.6) is 0 Å². The van der Waals surface area contributed by atoms with Crippen LogP contribution in [0.15, 0.2) is 54.7 Å². The van der Waals surface area contributed by atoms with Crippen LogP contribution in [0.1, 0.15) is 17.5 Å². The quantitative estimate of drug-likeness (QED) is 0.829. The molecule has 1 aliphatic heterocycles. The molecular formula is C19H17F3N2O. The third-order valence-electron chi connectivity index (χ3n) is 4.17. The van der Waals surface area contributed by atoms with Crippen LogP contribution in [0.2, 0.25) is 0 Å². The Morgan fingerprint density at radius 3 is 2.68 bits per heavy atom. The Bertz CT molecular complexity index is 772. The van der Waals surface area contributed by atoms with Crippen molar-refractivity contribution in [2.24, 2.45) is 5.92 Å². The van der Waals surface area contributed by atoms with Gasteiger partial charge in [0, 0.05) is 12.7 Å². The minimum absolute atomic E-state index is 0.236. The predicted octanol–water partition coefficient (Wildman–Crippen LogP) is 4.25. The molecule has 6 heteroatoms. The highest BCUT2D eigenvalue weighted by Gasteiger charge is 2.47. The van der Waals surface area contributed by atoms with Crippen molar-refractivity contribution in [1.82, 2.24) is 4.98 Å². The van der Waals surface area contributed by atoms with Crippen molar-refractivity contribution in [2.45, 2.75) is 19.0 Å². The number of benzene rings is 1. The molecule has 1 amide bonds. The summed E-state index contributed by atoms with van der Waals surface area (Å²) >= 11 is 0. The minimum Gasteiger partial charge on any atom is -0.296 e. The van der Waals surface area contributed by atoms with Crippen LogP contribution >= 0.6 is 0 Å². The molecule has 0 radical (unpaired) electrons. The van der Waals surface area contributed by atoms with Gasteiger partial charge in [-0.2, -0.15) is 13.2 Å². The standard InChI is InChI=1S/C19H17F3N2O/c20-19(21,22)16(10-4-8-14-6-2-1-3-7-14)18(25)24-13-11-15-9-5-12-23-17(15)24/h1-9,12,16H,10-11,13H2/b8-4+/t16-/m0/s1. The molecule has 0 saturated heterocycles. The van der Waals surface area contributed by atoms with Gasteiger partial charge in [-0.05, 0) is 30.0 Å². The van der Waals surface area contributed by atoms with Crippen molar-refractivity contribution in [3.8, 4) is 0 Å². The lowest BCUT2D eigenvalue weighted by atomic mass is 10.0. The summed E-state index contributed by atoms with van der Waals surface area (Å²) in [4.78, 5) is 17.8. The Morgan fingerprint density at radius 2 is 1.96 bits per heavy atom. The minimum atomic E-state index is -4.60. The number of halogens is 3. The van der Waals surface area contributed by atoms with E-state index in [1.165, 1.54) is 12.3 Å². The lowest BCUT2D eigenvalue weighted by Gasteiger charge is -2.24. The van der Waals surface area contributed by atoms with Gasteiger partial charge in [-0.1, -0.05) is 48.6 Å². The Hall–Kier alpha value is -2.63. The largest absolute Gasteiger partial charge is 0.400 e. The molecule has 0 N–H and O–H groups in total. The van der Waals surface area contributed by atoms with Crippen LogP contribution < -0.4 is 4.90 Å². The van der Waals surface area contributed by atoms with Crippen molar-refractivity contribution in [3.05, 3.63) is 65.9 Å². The van der Waals surface area contributed by atoms with Gasteiger partial charge in [0.05, 0.1) is 0 Å². The second-order valence-corrected chi connectivity index (χ2v) is 5.87. The molecule has 130 valence electrons. The summed E-state index contributed by atoms with van der Waals surface area (Å²) in [5, 5.41) is 0. The molecule has 0 spiro atoms. The number of carbonyl (C=O) groups is 1. The van der Waals surface area contributed by atoms with Gasteiger partial charge in [-0.15, -0.1) is 0 Å². The number of fused-ring (bicyclic) bond motifs is 1. The van der Waals surface area contributed by atoms with E-state index in [4.69, 9.17) is 0 Å². The molecule has 0 saturated carbocycles. The first kappa shape index (κ1) is 17.2. The maximum Gasteiger partial charge on any atom is 0.400 e. The molecule has 25 heavy (non-hydrogen) atoms. The van der Waals surface area contributed by atoms with Crippen LogP contribution in [-0.4, -0.2) is 23.6 Å². The molecule has 1 atom stereocenters. The molecule has 0 unspecified atom stereocenters. The molecule has 3 rings (SSSR count). The second-order valence-electron chi connectivity index (χ2n) is 5.87.